The number of carbonyl (C=O) groups excluding carboxylic acids is 1. The van der Waals surface area contributed by atoms with Crippen molar-refractivity contribution >= 4 is 22.6 Å². The predicted molar refractivity (Wildman–Crippen MR) is 81.4 cm³/mol. The van der Waals surface area contributed by atoms with E-state index in [1.807, 2.05) is 30.3 Å². The van der Waals surface area contributed by atoms with E-state index in [1.54, 1.807) is 12.1 Å². The number of carbonyl (C=O) groups is 2. The van der Waals surface area contributed by atoms with Crippen molar-refractivity contribution in [3.8, 4) is 0 Å². The molecule has 0 spiro atoms. The Morgan fingerprint density at radius 1 is 1.18 bits per heavy atom. The van der Waals surface area contributed by atoms with Crippen LogP contribution >= 0.6 is 0 Å². The lowest BCUT2D eigenvalue weighted by Gasteiger charge is -2.17. The van der Waals surface area contributed by atoms with Gasteiger partial charge >= 0.3 is 5.97 Å². The number of aliphatic carboxylic acids is 1. The fourth-order valence-corrected chi connectivity index (χ4v) is 2.68. The lowest BCUT2D eigenvalue weighted by Crippen LogP contribution is -2.38. The largest absolute Gasteiger partial charge is 0.479 e. The van der Waals surface area contributed by atoms with E-state index >= 15 is 0 Å². The number of nitrogens with one attached hydrogen (secondary N) is 1. The van der Waals surface area contributed by atoms with Crippen molar-refractivity contribution in [1.82, 2.24) is 5.32 Å². The second-order valence-electron chi connectivity index (χ2n) is 5.45. The molecule has 3 rings (SSSR count). The van der Waals surface area contributed by atoms with Gasteiger partial charge in [0, 0.05) is 6.61 Å². The van der Waals surface area contributed by atoms with Crippen molar-refractivity contribution in [2.75, 3.05) is 13.2 Å². The zero-order chi connectivity index (χ0) is 15.5. The van der Waals surface area contributed by atoms with Crippen molar-refractivity contribution in [2.24, 2.45) is 5.92 Å². The van der Waals surface area contributed by atoms with Crippen LogP contribution in [-0.2, 0) is 14.3 Å². The highest BCUT2D eigenvalue weighted by Gasteiger charge is 2.29. The molecule has 2 atom stereocenters. The molecule has 5 nitrogen and oxygen atoms in total. The molecule has 1 fully saturated rings. The van der Waals surface area contributed by atoms with Crippen LogP contribution in [0.25, 0.3) is 10.8 Å². The monoisotopic (exact) mass is 299 g/mol. The summed E-state index contributed by atoms with van der Waals surface area (Å²) in [5, 5.41) is 14.0. The highest BCUT2D eigenvalue weighted by atomic mass is 16.5. The summed E-state index contributed by atoms with van der Waals surface area (Å²) in [7, 11) is 0. The average molecular weight is 299 g/mol. The van der Waals surface area contributed by atoms with Gasteiger partial charge in [-0.1, -0.05) is 36.4 Å². The maximum atomic E-state index is 12.1. The Bertz CT molecular complexity index is 707. The van der Waals surface area contributed by atoms with E-state index in [9.17, 15) is 14.7 Å². The zero-order valence-electron chi connectivity index (χ0n) is 12.0. The first-order valence-electron chi connectivity index (χ1n) is 7.25. The highest BCUT2D eigenvalue weighted by Crippen LogP contribution is 2.22. The number of benzene rings is 2. The van der Waals surface area contributed by atoms with Gasteiger partial charge in [-0.3, -0.25) is 4.79 Å². The summed E-state index contributed by atoms with van der Waals surface area (Å²) in [6, 6.07) is 12.1. The van der Waals surface area contributed by atoms with E-state index in [-0.39, 0.29) is 11.8 Å². The molecule has 0 saturated carbocycles. The molecule has 114 valence electrons. The van der Waals surface area contributed by atoms with Crippen LogP contribution in [0.5, 0.6) is 0 Å². The minimum atomic E-state index is -1.07. The van der Waals surface area contributed by atoms with E-state index in [0.717, 1.165) is 10.8 Å². The SMILES string of the molecule is O=C(NC(C(=O)O)c1ccc2ccccc2c1)C1CCOC1. The lowest BCUT2D eigenvalue weighted by atomic mass is 10.0. The summed E-state index contributed by atoms with van der Waals surface area (Å²) < 4.78 is 5.18. The molecule has 0 bridgehead atoms. The first-order chi connectivity index (χ1) is 10.6. The number of ether oxygens (including phenoxy) is 1. The fourth-order valence-electron chi connectivity index (χ4n) is 2.68. The molecule has 1 heterocycles. The molecule has 0 radical (unpaired) electrons. The van der Waals surface area contributed by atoms with Gasteiger partial charge in [0.15, 0.2) is 6.04 Å². The Balaban J connectivity index is 1.85. The normalized spacial score (nSPS) is 19.0. The van der Waals surface area contributed by atoms with Crippen LogP contribution in [0.4, 0.5) is 0 Å². The Hall–Kier alpha value is -2.40. The number of amides is 1. The standard InChI is InChI=1S/C17H17NO4/c19-16(14-7-8-22-10-14)18-15(17(20)21)13-6-5-11-3-1-2-4-12(11)9-13/h1-6,9,14-15H,7-8,10H2,(H,18,19)(H,20,21). The Morgan fingerprint density at radius 2 is 1.95 bits per heavy atom. The minimum absolute atomic E-state index is 0.262. The summed E-state index contributed by atoms with van der Waals surface area (Å²) in [4.78, 5) is 23.7. The van der Waals surface area contributed by atoms with Gasteiger partial charge in [-0.25, -0.2) is 4.79 Å². The first kappa shape index (κ1) is 14.5. The van der Waals surface area contributed by atoms with E-state index in [0.29, 0.717) is 25.2 Å². The van der Waals surface area contributed by atoms with Crippen LogP contribution in [0, 0.1) is 5.92 Å². The molecule has 0 aromatic heterocycles. The number of fused-ring (bicyclic) bond motifs is 1. The molecule has 22 heavy (non-hydrogen) atoms. The number of carboxylic acids is 1. The van der Waals surface area contributed by atoms with Crippen LogP contribution in [-0.4, -0.2) is 30.2 Å². The third kappa shape index (κ3) is 2.94. The van der Waals surface area contributed by atoms with Crippen LogP contribution in [0.3, 0.4) is 0 Å². The van der Waals surface area contributed by atoms with Crippen molar-refractivity contribution in [1.29, 1.82) is 0 Å². The molecule has 2 unspecified atom stereocenters. The predicted octanol–water partition coefficient (Wildman–Crippen LogP) is 2.12. The fraction of sp³-hybridized carbons (Fsp3) is 0.294. The molecule has 1 saturated heterocycles. The summed E-state index contributed by atoms with van der Waals surface area (Å²) in [6.07, 6.45) is 0.635. The van der Waals surface area contributed by atoms with Crippen molar-refractivity contribution in [3.05, 3.63) is 48.0 Å². The third-order valence-electron chi connectivity index (χ3n) is 3.94. The summed E-state index contributed by atoms with van der Waals surface area (Å²) in [5.41, 5.74) is 0.568. The van der Waals surface area contributed by atoms with Gasteiger partial charge in [-0.05, 0) is 28.8 Å². The number of rotatable bonds is 4. The molecular formula is C17H17NO4. The minimum Gasteiger partial charge on any atom is -0.479 e. The molecule has 2 N–H and O–H groups in total. The second kappa shape index (κ2) is 6.15. The zero-order valence-corrected chi connectivity index (χ0v) is 12.0. The Labute approximate surface area is 127 Å². The van der Waals surface area contributed by atoms with Crippen molar-refractivity contribution < 1.29 is 19.4 Å². The summed E-state index contributed by atoms with van der Waals surface area (Å²) >= 11 is 0. The number of hydrogen-bond donors (Lipinski definition) is 2. The highest BCUT2D eigenvalue weighted by molar-refractivity contribution is 5.88. The molecule has 1 amide bonds. The van der Waals surface area contributed by atoms with E-state index in [4.69, 9.17) is 4.74 Å². The molecule has 5 heteroatoms. The number of carboxylic acid groups (broad SMARTS) is 1. The molecule has 2 aromatic carbocycles. The van der Waals surface area contributed by atoms with Crippen LogP contribution in [0.2, 0.25) is 0 Å². The molecule has 2 aromatic rings. The van der Waals surface area contributed by atoms with Gasteiger partial charge in [0.2, 0.25) is 5.91 Å². The van der Waals surface area contributed by atoms with Gasteiger partial charge in [0.1, 0.15) is 0 Å². The Kier molecular flexibility index (Phi) is 4.06. The lowest BCUT2D eigenvalue weighted by molar-refractivity contribution is -0.142. The third-order valence-corrected chi connectivity index (χ3v) is 3.94. The van der Waals surface area contributed by atoms with E-state index < -0.39 is 12.0 Å². The van der Waals surface area contributed by atoms with E-state index in [2.05, 4.69) is 5.32 Å². The van der Waals surface area contributed by atoms with Gasteiger partial charge in [-0.2, -0.15) is 0 Å². The Morgan fingerprint density at radius 3 is 2.64 bits per heavy atom. The second-order valence-corrected chi connectivity index (χ2v) is 5.45. The summed E-state index contributed by atoms with van der Waals surface area (Å²) in [6.45, 7) is 0.904. The van der Waals surface area contributed by atoms with Gasteiger partial charge in [-0.15, -0.1) is 0 Å². The van der Waals surface area contributed by atoms with Gasteiger partial charge < -0.3 is 15.2 Å². The topological polar surface area (TPSA) is 75.6 Å². The molecule has 0 aliphatic carbocycles. The number of hydrogen-bond acceptors (Lipinski definition) is 3. The van der Waals surface area contributed by atoms with Crippen molar-refractivity contribution in [2.45, 2.75) is 12.5 Å². The maximum absolute atomic E-state index is 12.1. The maximum Gasteiger partial charge on any atom is 0.330 e. The van der Waals surface area contributed by atoms with Gasteiger partial charge in [0.05, 0.1) is 12.5 Å². The van der Waals surface area contributed by atoms with Crippen LogP contribution in [0.15, 0.2) is 42.5 Å². The molecular weight excluding hydrogens is 282 g/mol. The summed E-state index contributed by atoms with van der Waals surface area (Å²) in [5.74, 6) is -1.59. The van der Waals surface area contributed by atoms with E-state index in [1.165, 1.54) is 0 Å². The van der Waals surface area contributed by atoms with Crippen LogP contribution in [0.1, 0.15) is 18.0 Å². The van der Waals surface area contributed by atoms with Crippen molar-refractivity contribution in [3.63, 3.8) is 0 Å². The quantitative estimate of drug-likeness (QED) is 0.906. The smallest absolute Gasteiger partial charge is 0.330 e. The van der Waals surface area contributed by atoms with Crippen LogP contribution < -0.4 is 5.32 Å². The van der Waals surface area contributed by atoms with Gasteiger partial charge in [0.25, 0.3) is 0 Å². The first-order valence-corrected chi connectivity index (χ1v) is 7.25. The average Bonchev–Trinajstić information content (AvgIpc) is 3.06. The molecule has 1 aliphatic rings. The molecule has 1 aliphatic heterocycles.